The smallest absolute Gasteiger partial charge is 0.0222 e. The van der Waals surface area contributed by atoms with Gasteiger partial charge in [-0.15, -0.1) is 0 Å². The Labute approximate surface area is 99.8 Å². The van der Waals surface area contributed by atoms with Crippen LogP contribution in [0.2, 0.25) is 0 Å². The van der Waals surface area contributed by atoms with Crippen molar-refractivity contribution >= 4 is 0 Å². The van der Waals surface area contributed by atoms with Gasteiger partial charge in [-0.2, -0.15) is 0 Å². The van der Waals surface area contributed by atoms with Crippen molar-refractivity contribution in [2.24, 2.45) is 11.7 Å². The highest BCUT2D eigenvalue weighted by Crippen LogP contribution is 2.28. The Morgan fingerprint density at radius 1 is 1.12 bits per heavy atom. The van der Waals surface area contributed by atoms with Gasteiger partial charge in [-0.05, 0) is 25.7 Å². The molecule has 3 nitrogen and oxygen atoms in total. The van der Waals surface area contributed by atoms with E-state index in [0.717, 1.165) is 19.0 Å². The van der Waals surface area contributed by atoms with E-state index in [1.807, 2.05) is 0 Å². The summed E-state index contributed by atoms with van der Waals surface area (Å²) in [7, 11) is 0. The summed E-state index contributed by atoms with van der Waals surface area (Å²) >= 11 is 0. The third-order valence-electron chi connectivity index (χ3n) is 4.48. The van der Waals surface area contributed by atoms with Crippen molar-refractivity contribution < 1.29 is 0 Å². The molecule has 0 aromatic carbocycles. The monoisotopic (exact) mass is 225 g/mol. The van der Waals surface area contributed by atoms with Crippen LogP contribution >= 0.6 is 0 Å². The molecule has 16 heavy (non-hydrogen) atoms. The maximum absolute atomic E-state index is 6.46. The number of rotatable bonds is 3. The van der Waals surface area contributed by atoms with E-state index in [9.17, 15) is 0 Å². The molecule has 1 heterocycles. The van der Waals surface area contributed by atoms with Crippen LogP contribution in [0.5, 0.6) is 0 Å². The van der Waals surface area contributed by atoms with Crippen LogP contribution in [0.1, 0.15) is 39.0 Å². The second-order valence-electron chi connectivity index (χ2n) is 5.50. The van der Waals surface area contributed by atoms with Crippen molar-refractivity contribution in [3.63, 3.8) is 0 Å². The molecule has 0 aromatic rings. The van der Waals surface area contributed by atoms with Crippen LogP contribution in [-0.2, 0) is 0 Å². The molecule has 94 valence electrons. The Bertz CT molecular complexity index is 173. The van der Waals surface area contributed by atoms with Gasteiger partial charge in [0.05, 0.1) is 0 Å². The fourth-order valence-electron chi connectivity index (χ4n) is 3.25. The summed E-state index contributed by atoms with van der Waals surface area (Å²) < 4.78 is 0. The Morgan fingerprint density at radius 3 is 2.38 bits per heavy atom. The summed E-state index contributed by atoms with van der Waals surface area (Å²) in [5.41, 5.74) is 6.46. The lowest BCUT2D eigenvalue weighted by atomic mass is 9.81. The molecule has 1 saturated heterocycles. The molecule has 3 heteroatoms. The minimum absolute atomic E-state index is 0.387. The molecule has 1 aliphatic heterocycles. The highest BCUT2D eigenvalue weighted by atomic mass is 15.2. The highest BCUT2D eigenvalue weighted by Gasteiger charge is 2.28. The Kier molecular flexibility index (Phi) is 4.62. The van der Waals surface area contributed by atoms with Crippen LogP contribution in [0, 0.1) is 5.92 Å². The van der Waals surface area contributed by atoms with E-state index >= 15 is 0 Å². The molecule has 2 unspecified atom stereocenters. The molecule has 2 fully saturated rings. The van der Waals surface area contributed by atoms with Crippen molar-refractivity contribution in [1.29, 1.82) is 0 Å². The summed E-state index contributed by atoms with van der Waals surface area (Å²) in [5.74, 6) is 0.777. The number of hydrogen-bond acceptors (Lipinski definition) is 3. The molecular weight excluding hydrogens is 198 g/mol. The first-order valence-electron chi connectivity index (χ1n) is 6.99. The summed E-state index contributed by atoms with van der Waals surface area (Å²) in [6.07, 6.45) is 6.93. The third kappa shape index (κ3) is 2.96. The lowest BCUT2D eigenvalue weighted by Gasteiger charge is -2.39. The molecule has 0 radical (unpaired) electrons. The molecule has 2 atom stereocenters. The van der Waals surface area contributed by atoms with E-state index in [1.165, 1.54) is 45.2 Å². The minimum Gasteiger partial charge on any atom is -0.326 e. The van der Waals surface area contributed by atoms with Crippen LogP contribution in [0.3, 0.4) is 0 Å². The molecule has 0 bridgehead atoms. The van der Waals surface area contributed by atoms with E-state index in [-0.39, 0.29) is 0 Å². The number of hydrogen-bond donors (Lipinski definition) is 2. The van der Waals surface area contributed by atoms with Crippen LogP contribution in [0.15, 0.2) is 0 Å². The number of nitrogens with zero attached hydrogens (tertiary/aromatic N) is 1. The third-order valence-corrected chi connectivity index (χ3v) is 4.48. The zero-order valence-corrected chi connectivity index (χ0v) is 10.6. The topological polar surface area (TPSA) is 41.3 Å². The average Bonchev–Trinajstić information content (AvgIpc) is 2.39. The number of nitrogens with two attached hydrogens (primary N) is 1. The van der Waals surface area contributed by atoms with Gasteiger partial charge in [-0.1, -0.05) is 19.3 Å². The Balaban J connectivity index is 1.84. The lowest BCUT2D eigenvalue weighted by molar-refractivity contribution is 0.129. The van der Waals surface area contributed by atoms with Gasteiger partial charge in [-0.25, -0.2) is 0 Å². The predicted molar refractivity (Wildman–Crippen MR) is 68.5 cm³/mol. The molecule has 2 aliphatic rings. The van der Waals surface area contributed by atoms with Gasteiger partial charge >= 0.3 is 0 Å². The fourth-order valence-corrected chi connectivity index (χ4v) is 3.25. The second kappa shape index (κ2) is 5.99. The first-order valence-corrected chi connectivity index (χ1v) is 6.99. The van der Waals surface area contributed by atoms with Gasteiger partial charge in [0.1, 0.15) is 0 Å². The molecular formula is C13H27N3. The quantitative estimate of drug-likeness (QED) is 0.758. The van der Waals surface area contributed by atoms with Gasteiger partial charge in [0.25, 0.3) is 0 Å². The maximum atomic E-state index is 6.46. The average molecular weight is 225 g/mol. The van der Waals surface area contributed by atoms with Gasteiger partial charge in [0, 0.05) is 38.3 Å². The molecule has 0 aromatic heterocycles. The fraction of sp³-hybridized carbons (Fsp3) is 1.00. The molecule has 3 N–H and O–H groups in total. The summed E-state index contributed by atoms with van der Waals surface area (Å²) in [6, 6.07) is 0.948. The van der Waals surface area contributed by atoms with Crippen LogP contribution < -0.4 is 11.1 Å². The van der Waals surface area contributed by atoms with E-state index in [2.05, 4.69) is 17.1 Å². The number of nitrogens with one attached hydrogen (secondary N) is 1. The molecule has 2 rings (SSSR count). The first kappa shape index (κ1) is 12.3. The molecule has 0 spiro atoms. The van der Waals surface area contributed by atoms with Crippen molar-refractivity contribution in [2.75, 3.05) is 26.2 Å². The van der Waals surface area contributed by atoms with Gasteiger partial charge < -0.3 is 11.1 Å². The van der Waals surface area contributed by atoms with Crippen LogP contribution in [-0.4, -0.2) is 43.2 Å². The summed E-state index contributed by atoms with van der Waals surface area (Å²) in [6.45, 7) is 6.91. The highest BCUT2D eigenvalue weighted by molar-refractivity contribution is 4.87. The first-order chi connectivity index (χ1) is 7.79. The molecule has 1 aliphatic carbocycles. The SMILES string of the molecule is CC(C(N)C1CCCCC1)N1CCNCC1. The van der Waals surface area contributed by atoms with Crippen LogP contribution in [0.4, 0.5) is 0 Å². The van der Waals surface area contributed by atoms with E-state index in [1.54, 1.807) is 0 Å². The zero-order chi connectivity index (χ0) is 11.4. The van der Waals surface area contributed by atoms with E-state index in [4.69, 9.17) is 5.73 Å². The van der Waals surface area contributed by atoms with Crippen molar-refractivity contribution in [2.45, 2.75) is 51.1 Å². The standard InChI is InChI=1S/C13H27N3/c1-11(16-9-7-15-8-10-16)13(14)12-5-3-2-4-6-12/h11-13,15H,2-10,14H2,1H3. The minimum atomic E-state index is 0.387. The van der Waals surface area contributed by atoms with Gasteiger partial charge in [-0.3, -0.25) is 4.90 Å². The van der Waals surface area contributed by atoms with Gasteiger partial charge in [0.15, 0.2) is 0 Å². The Hall–Kier alpha value is -0.120. The number of piperazine rings is 1. The van der Waals surface area contributed by atoms with E-state index < -0.39 is 0 Å². The normalized spacial score (nSPS) is 28.9. The molecule has 0 amide bonds. The second-order valence-corrected chi connectivity index (χ2v) is 5.50. The summed E-state index contributed by atoms with van der Waals surface area (Å²) in [5, 5.41) is 3.41. The molecule has 1 saturated carbocycles. The van der Waals surface area contributed by atoms with Crippen molar-refractivity contribution in [3.8, 4) is 0 Å². The van der Waals surface area contributed by atoms with Crippen molar-refractivity contribution in [1.82, 2.24) is 10.2 Å². The predicted octanol–water partition coefficient (Wildman–Crippen LogP) is 1.19. The zero-order valence-electron chi connectivity index (χ0n) is 10.6. The maximum Gasteiger partial charge on any atom is 0.0222 e. The largest absolute Gasteiger partial charge is 0.326 e. The van der Waals surface area contributed by atoms with Crippen LogP contribution in [0.25, 0.3) is 0 Å². The lowest BCUT2D eigenvalue weighted by Crippen LogP contribution is -2.55. The van der Waals surface area contributed by atoms with Gasteiger partial charge in [0.2, 0.25) is 0 Å². The Morgan fingerprint density at radius 2 is 1.75 bits per heavy atom. The summed E-state index contributed by atoms with van der Waals surface area (Å²) in [4.78, 5) is 2.57. The van der Waals surface area contributed by atoms with E-state index in [0.29, 0.717) is 12.1 Å². The van der Waals surface area contributed by atoms with Crippen molar-refractivity contribution in [3.05, 3.63) is 0 Å².